The van der Waals surface area contributed by atoms with E-state index in [1.165, 1.54) is 55.5 Å². The summed E-state index contributed by atoms with van der Waals surface area (Å²) in [5, 5.41) is 55.8. The molecule has 4 aromatic carbocycles. The van der Waals surface area contributed by atoms with E-state index in [4.69, 9.17) is 130 Å². The van der Waals surface area contributed by atoms with Crippen LogP contribution in [0.2, 0.25) is 35.5 Å². The number of fused-ring (bicyclic) bond motifs is 5. The average Bonchev–Trinajstić information content (AvgIpc) is 1.62. The fraction of sp³-hybridized carbons (Fsp3) is 0.315. The minimum Gasteiger partial charge on any atom is -0.504 e. The zero-order valence-corrected chi connectivity index (χ0v) is 80.0. The Morgan fingerprint density at radius 3 is 1.14 bits per heavy atom. The lowest BCUT2D eigenvalue weighted by atomic mass is 9.86. The van der Waals surface area contributed by atoms with Crippen molar-refractivity contribution in [1.82, 2.24) is 34.9 Å². The normalized spacial score (nSPS) is 14.9. The van der Waals surface area contributed by atoms with Crippen molar-refractivity contribution in [3.05, 3.63) is 261 Å². The number of carbonyl (C=O) groups excluding carboxylic acids is 2. The standard InChI is InChI=1S/C17H17ClFNO2.C17H15ClFNO2.C16H15ClFNO2.C16H13ClFNO2.C10H11ClINO2.C10H12ClNO2.C6H5ClINO2/c2*1-9(21)14-7-11-16(22-8-17(11,2)3)15(20-14)10-4-5-13(19)12(18)6-10;2*1-16(2)8-21-15-11(16)6-10(7-20)19-14(15)9-3-4-13(18)12(17)5-9;1-6(2)5-15-9-8(12)3-7(4-14)13-10(9)11;1-10(2)5-14-8-7(10)3-6(4-13)12-9(8)11;7-6-5(11)4(8)1-3(2-10)9-6/h4-7,9,21H,8H2,1-3H3;4-7H,8H2,1-3H3;3-6,20H,7-8H2,1-2H3;3-7H,8H2,1-2H3;3,14H,1,4-5H2,2H3;3,13H,4-5H2,1-2H3;1,10-11H,2H2. The minimum absolute atomic E-state index is 0.0109. The van der Waals surface area contributed by atoms with E-state index in [1.807, 2.05) is 75.4 Å². The van der Waals surface area contributed by atoms with Crippen molar-refractivity contribution in [2.75, 3.05) is 39.6 Å². The molecule has 6 N–H and O–H groups in total. The SMILES string of the molecule is C=C(C)COc1c(I)cc(CO)nc1Cl.CC(=O)c1cc2c(c(-c3ccc(F)c(Cl)c3)n1)OCC2(C)C.CC(O)c1cc2c(c(-c3ccc(F)c(Cl)c3)n1)OCC2(C)C.CC1(C)COc2c1cc(C=O)nc2-c1ccc(F)c(Cl)c1.CC1(C)COc2c1cc(CO)nc2-c1ccc(F)c(Cl)c1.CC1(C)COc2c1cc(CO)nc2Cl.OCc1cc(I)c(O)c(Cl)n1. The van der Waals surface area contributed by atoms with Gasteiger partial charge >= 0.3 is 0 Å². The van der Waals surface area contributed by atoms with Crippen molar-refractivity contribution < 1.29 is 86.2 Å². The van der Waals surface area contributed by atoms with E-state index in [2.05, 4.69) is 106 Å². The van der Waals surface area contributed by atoms with E-state index in [0.717, 1.165) is 37.0 Å². The predicted molar refractivity (Wildman–Crippen MR) is 496 cm³/mol. The second-order valence-corrected chi connectivity index (χ2v) is 38.0. The van der Waals surface area contributed by atoms with Crippen LogP contribution < -0.4 is 28.4 Å². The molecule has 0 aliphatic carbocycles. The van der Waals surface area contributed by atoms with Crippen molar-refractivity contribution in [3.8, 4) is 85.3 Å². The summed E-state index contributed by atoms with van der Waals surface area (Å²) in [7, 11) is 0. The number of ether oxygens (including phenoxy) is 6. The monoisotopic (exact) mass is 2090 g/mol. The van der Waals surface area contributed by atoms with Crippen LogP contribution in [0.1, 0.15) is 173 Å². The Morgan fingerprint density at radius 1 is 0.452 bits per heavy atom. The number of aliphatic hydroxyl groups is 5. The first-order chi connectivity index (χ1) is 59.2. The molecule has 34 heteroatoms. The first kappa shape index (κ1) is 99.8. The molecule has 11 aromatic rings. The lowest BCUT2D eigenvalue weighted by Gasteiger charge is -2.17. The highest BCUT2D eigenvalue weighted by molar-refractivity contribution is 14.1. The van der Waals surface area contributed by atoms with Crippen LogP contribution in [0.3, 0.4) is 0 Å². The second-order valence-electron chi connectivity index (χ2n) is 33.0. The Hall–Kier alpha value is -8.38. The van der Waals surface area contributed by atoms with Gasteiger partial charge in [0.15, 0.2) is 44.8 Å². The van der Waals surface area contributed by atoms with E-state index >= 15 is 0 Å². The quantitative estimate of drug-likeness (QED) is 0.0147. The van der Waals surface area contributed by atoms with Gasteiger partial charge in [-0.2, -0.15) is 0 Å². The van der Waals surface area contributed by atoms with Crippen molar-refractivity contribution in [1.29, 1.82) is 0 Å². The minimum atomic E-state index is -0.698. The number of halogens is 13. The number of aromatic hydroxyl groups is 1. The van der Waals surface area contributed by atoms with Crippen LogP contribution in [0.25, 0.3) is 45.0 Å². The summed E-state index contributed by atoms with van der Waals surface area (Å²) in [6.07, 6.45) is -0.0000766. The molecule has 21 nitrogen and oxygen atoms in total. The van der Waals surface area contributed by atoms with Crippen LogP contribution in [0.4, 0.5) is 17.6 Å². The molecule has 0 saturated heterocycles. The number of nitrogens with zero attached hydrogens (tertiary/aromatic N) is 7. The van der Waals surface area contributed by atoms with Gasteiger partial charge in [0.25, 0.3) is 0 Å². The van der Waals surface area contributed by atoms with E-state index in [9.17, 15) is 37.4 Å². The van der Waals surface area contributed by atoms with Gasteiger partial charge in [-0.25, -0.2) is 52.4 Å². The highest BCUT2D eigenvalue weighted by Gasteiger charge is 2.41. The summed E-state index contributed by atoms with van der Waals surface area (Å²) < 4.78 is 88.9. The zero-order valence-electron chi connectivity index (χ0n) is 70.4. The molecule has 7 aromatic heterocycles. The third-order valence-electron chi connectivity index (χ3n) is 20.2. The van der Waals surface area contributed by atoms with E-state index < -0.39 is 29.4 Å². The highest BCUT2D eigenvalue weighted by Crippen LogP contribution is 2.50. The van der Waals surface area contributed by atoms with Crippen LogP contribution in [-0.4, -0.2) is 117 Å². The van der Waals surface area contributed by atoms with Crippen LogP contribution in [0, 0.1) is 30.4 Å². The maximum absolute atomic E-state index is 13.4. The van der Waals surface area contributed by atoms with E-state index in [1.54, 1.807) is 55.5 Å². The van der Waals surface area contributed by atoms with Crippen molar-refractivity contribution in [2.45, 2.75) is 150 Å². The van der Waals surface area contributed by atoms with Crippen molar-refractivity contribution in [3.63, 3.8) is 0 Å². The predicted octanol–water partition coefficient (Wildman–Crippen LogP) is 22.6. The first-order valence-corrected chi connectivity index (χ1v) is 43.6. The van der Waals surface area contributed by atoms with Gasteiger partial charge in [-0.1, -0.05) is 157 Å². The van der Waals surface area contributed by atoms with Crippen LogP contribution in [-0.2, 0) is 53.5 Å². The molecule has 1 atom stereocenters. The van der Waals surface area contributed by atoms with Gasteiger partial charge < -0.3 is 59.1 Å². The first-order valence-electron chi connectivity index (χ1n) is 38.8. The van der Waals surface area contributed by atoms with Crippen LogP contribution in [0.5, 0.6) is 40.2 Å². The molecule has 0 amide bonds. The molecule has 666 valence electrons. The maximum Gasteiger partial charge on any atom is 0.178 e. The van der Waals surface area contributed by atoms with Crippen LogP contribution >= 0.6 is 126 Å². The van der Waals surface area contributed by atoms with Crippen molar-refractivity contribution in [2.24, 2.45) is 0 Å². The van der Waals surface area contributed by atoms with Gasteiger partial charge in [-0.05, 0) is 180 Å². The summed E-state index contributed by atoms with van der Waals surface area (Å²) in [5.41, 5.74) is 13.2. The maximum atomic E-state index is 13.4. The Kier molecular flexibility index (Phi) is 32.9. The number of hydrogen-bond donors (Lipinski definition) is 6. The molecular formula is C92H88Cl7F4I2N7O14. The Morgan fingerprint density at radius 2 is 0.778 bits per heavy atom. The molecule has 0 radical (unpaired) electrons. The Bertz CT molecular complexity index is 5950. The van der Waals surface area contributed by atoms with Gasteiger partial charge in [0, 0.05) is 84.1 Å². The number of pyridine rings is 7. The Labute approximate surface area is 788 Å². The molecular weight excluding hydrogens is 2010 g/mol. The number of rotatable bonds is 14. The number of ketones is 1. The molecule has 5 aliphatic heterocycles. The fourth-order valence-corrected chi connectivity index (χ4v) is 16.3. The number of hydrogen-bond acceptors (Lipinski definition) is 21. The van der Waals surface area contributed by atoms with Gasteiger partial charge in [-0.3, -0.25) is 9.59 Å². The average molecular weight is 2090 g/mol. The van der Waals surface area contributed by atoms with E-state index in [0.29, 0.717) is 174 Å². The molecule has 0 spiro atoms. The summed E-state index contributed by atoms with van der Waals surface area (Å²) in [6.45, 7) is 31.9. The molecule has 5 aliphatic rings. The fourth-order valence-electron chi connectivity index (χ4n) is 13.2. The summed E-state index contributed by atoms with van der Waals surface area (Å²) >= 11 is 44.8. The number of aromatic nitrogens is 7. The lowest BCUT2D eigenvalue weighted by Crippen LogP contribution is -2.18. The van der Waals surface area contributed by atoms with Gasteiger partial charge in [-0.15, -0.1) is 0 Å². The second kappa shape index (κ2) is 41.6. The van der Waals surface area contributed by atoms with E-state index in [-0.39, 0.29) is 95.4 Å². The molecule has 1 unspecified atom stereocenters. The summed E-state index contributed by atoms with van der Waals surface area (Å²) in [5.74, 6) is 1.72. The molecule has 12 heterocycles. The number of benzene rings is 4. The smallest absolute Gasteiger partial charge is 0.178 e. The number of carbonyl (C=O) groups is 2. The molecule has 0 bridgehead atoms. The van der Waals surface area contributed by atoms with Gasteiger partial charge in [0.2, 0.25) is 0 Å². The Balaban J connectivity index is 0.000000155. The molecule has 0 saturated carbocycles. The largest absolute Gasteiger partial charge is 0.504 e. The molecule has 0 fully saturated rings. The number of aldehydes is 1. The molecule has 16 rings (SSSR count). The van der Waals surface area contributed by atoms with Gasteiger partial charge in [0.05, 0.1) is 121 Å². The third-order valence-corrected chi connectivity index (χ3v) is 23.7. The van der Waals surface area contributed by atoms with Crippen LogP contribution in [0.15, 0.2) is 127 Å². The van der Waals surface area contributed by atoms with Gasteiger partial charge in [0.1, 0.15) is 87.0 Å². The number of Topliss-reactive ketones (excluding diaryl/α,β-unsaturated/α-hetero) is 1. The third kappa shape index (κ3) is 23.4. The molecule has 126 heavy (non-hydrogen) atoms. The summed E-state index contributed by atoms with van der Waals surface area (Å²) in [4.78, 5) is 52.2. The van der Waals surface area contributed by atoms with Crippen molar-refractivity contribution >= 4 is 138 Å². The summed E-state index contributed by atoms with van der Waals surface area (Å²) in [6, 6.07) is 30.0. The lowest BCUT2D eigenvalue weighted by molar-refractivity contribution is 0.101. The highest BCUT2D eigenvalue weighted by atomic mass is 127. The number of aliphatic hydroxyl groups excluding tert-OH is 5. The zero-order chi connectivity index (χ0) is 92.7. The topological polar surface area (TPSA) is 301 Å².